The van der Waals surface area contributed by atoms with Crippen molar-refractivity contribution >= 4 is 9.84 Å². The standard InChI is InChI=1S/C20H37FN4O2S/c1-4-7-16(12-14(3)21)28(26,27)20(9-10-20)17-13-18(23)25-19(24-17)15(5-2)8-6-11-22/h8,16-19,24-25H,3-7,9-13,22-23H2,1-2H3/b15-8+/t16?,17?,18-,19?/m0/s1. The Labute approximate surface area is 169 Å². The number of hydrogen-bond acceptors (Lipinski definition) is 6. The zero-order valence-electron chi connectivity index (χ0n) is 17.2. The molecule has 0 bridgehead atoms. The molecule has 1 aliphatic carbocycles. The van der Waals surface area contributed by atoms with Crippen LogP contribution in [0, 0.1) is 0 Å². The number of rotatable bonds is 11. The molecule has 1 saturated carbocycles. The summed E-state index contributed by atoms with van der Waals surface area (Å²) in [6.45, 7) is 7.85. The maximum absolute atomic E-state index is 13.5. The van der Waals surface area contributed by atoms with E-state index in [1.807, 2.05) is 6.92 Å². The van der Waals surface area contributed by atoms with Crippen LogP contribution < -0.4 is 22.1 Å². The fourth-order valence-electron chi connectivity index (χ4n) is 4.39. The lowest BCUT2D eigenvalue weighted by Crippen LogP contribution is -2.66. The lowest BCUT2D eigenvalue weighted by atomic mass is 9.99. The van der Waals surface area contributed by atoms with Crippen molar-refractivity contribution in [3.8, 4) is 0 Å². The largest absolute Gasteiger partial charge is 0.330 e. The first kappa shape index (κ1) is 23.5. The number of allylic oxidation sites excluding steroid dienone is 1. The molecule has 162 valence electrons. The molecule has 8 heteroatoms. The van der Waals surface area contributed by atoms with E-state index in [1.54, 1.807) is 0 Å². The van der Waals surface area contributed by atoms with Gasteiger partial charge in [-0.1, -0.05) is 32.9 Å². The summed E-state index contributed by atoms with van der Waals surface area (Å²) in [5, 5.41) is 6.12. The molecule has 1 saturated heterocycles. The SMILES string of the molecule is C=C(F)CC(CCC)S(=O)(=O)C1(C2C[C@@H](N)NC(/C(=C/CCN)CC)N2)CC1. The number of halogens is 1. The molecule has 2 rings (SSSR count). The summed E-state index contributed by atoms with van der Waals surface area (Å²) in [5.41, 5.74) is 13.0. The zero-order valence-corrected chi connectivity index (χ0v) is 18.0. The molecule has 4 atom stereocenters. The molecule has 0 amide bonds. The third-order valence-corrected chi connectivity index (χ3v) is 9.14. The van der Waals surface area contributed by atoms with Crippen molar-refractivity contribution in [1.29, 1.82) is 0 Å². The first-order valence-electron chi connectivity index (χ1n) is 10.4. The first-order valence-corrected chi connectivity index (χ1v) is 12.0. The van der Waals surface area contributed by atoms with E-state index in [9.17, 15) is 12.8 Å². The van der Waals surface area contributed by atoms with E-state index in [4.69, 9.17) is 11.5 Å². The van der Waals surface area contributed by atoms with E-state index in [2.05, 4.69) is 30.2 Å². The van der Waals surface area contributed by atoms with Crippen molar-refractivity contribution < 1.29 is 12.8 Å². The minimum absolute atomic E-state index is 0.116. The van der Waals surface area contributed by atoms with Crippen LogP contribution in [0.1, 0.15) is 65.2 Å². The summed E-state index contributed by atoms with van der Waals surface area (Å²) in [6.07, 6.45) is 5.97. The molecule has 2 fully saturated rings. The minimum Gasteiger partial charge on any atom is -0.330 e. The highest BCUT2D eigenvalue weighted by atomic mass is 32.2. The fraction of sp³-hybridized carbons (Fsp3) is 0.800. The predicted octanol–water partition coefficient (Wildman–Crippen LogP) is 2.22. The molecule has 3 unspecified atom stereocenters. The third-order valence-electron chi connectivity index (χ3n) is 6.03. The second-order valence-corrected chi connectivity index (χ2v) is 10.7. The van der Waals surface area contributed by atoms with Crippen LogP contribution in [-0.4, -0.2) is 43.3 Å². The van der Waals surface area contributed by atoms with Gasteiger partial charge >= 0.3 is 0 Å². The average Bonchev–Trinajstić information content (AvgIpc) is 3.44. The quantitative estimate of drug-likeness (QED) is 0.385. The van der Waals surface area contributed by atoms with E-state index < -0.39 is 25.7 Å². The van der Waals surface area contributed by atoms with E-state index in [1.165, 1.54) is 0 Å². The molecule has 28 heavy (non-hydrogen) atoms. The summed E-state index contributed by atoms with van der Waals surface area (Å²) in [7, 11) is -3.53. The Morgan fingerprint density at radius 1 is 1.36 bits per heavy atom. The van der Waals surface area contributed by atoms with Crippen molar-refractivity contribution in [3.63, 3.8) is 0 Å². The van der Waals surface area contributed by atoms with Crippen LogP contribution in [0.2, 0.25) is 0 Å². The Morgan fingerprint density at radius 2 is 2.04 bits per heavy atom. The van der Waals surface area contributed by atoms with Gasteiger partial charge in [-0.2, -0.15) is 0 Å². The van der Waals surface area contributed by atoms with E-state index in [0.717, 1.165) is 18.4 Å². The van der Waals surface area contributed by atoms with Gasteiger partial charge in [-0.25, -0.2) is 12.8 Å². The Kier molecular flexibility index (Phi) is 8.22. The van der Waals surface area contributed by atoms with Crippen LogP contribution in [0.3, 0.4) is 0 Å². The maximum Gasteiger partial charge on any atom is 0.160 e. The van der Waals surface area contributed by atoms with Gasteiger partial charge in [-0.3, -0.25) is 10.6 Å². The van der Waals surface area contributed by atoms with Crippen LogP contribution >= 0.6 is 0 Å². The molecule has 2 aliphatic rings. The number of nitrogens with two attached hydrogens (primary N) is 2. The summed E-state index contributed by atoms with van der Waals surface area (Å²) < 4.78 is 39.7. The highest BCUT2D eigenvalue weighted by molar-refractivity contribution is 7.93. The van der Waals surface area contributed by atoms with Crippen molar-refractivity contribution in [2.45, 2.75) is 93.6 Å². The summed E-state index contributed by atoms with van der Waals surface area (Å²) in [5.74, 6) is -0.566. The van der Waals surface area contributed by atoms with Gasteiger partial charge in [-0.15, -0.1) is 0 Å². The lowest BCUT2D eigenvalue weighted by molar-refractivity contribution is 0.252. The molecule has 6 N–H and O–H groups in total. The highest BCUT2D eigenvalue weighted by Gasteiger charge is 2.62. The second-order valence-electron chi connectivity index (χ2n) is 8.11. The predicted molar refractivity (Wildman–Crippen MR) is 113 cm³/mol. The number of hydrogen-bond donors (Lipinski definition) is 4. The molecule has 0 spiro atoms. The van der Waals surface area contributed by atoms with Gasteiger partial charge in [0.1, 0.15) is 0 Å². The molecule has 0 aromatic heterocycles. The summed E-state index contributed by atoms with van der Waals surface area (Å²) in [6, 6.07) is -0.251. The van der Waals surface area contributed by atoms with Crippen molar-refractivity contribution in [2.24, 2.45) is 11.5 Å². The van der Waals surface area contributed by atoms with Gasteiger partial charge < -0.3 is 11.5 Å². The fourth-order valence-corrected chi connectivity index (χ4v) is 7.23. The highest BCUT2D eigenvalue weighted by Crippen LogP contribution is 2.51. The second kappa shape index (κ2) is 9.80. The smallest absolute Gasteiger partial charge is 0.160 e. The van der Waals surface area contributed by atoms with Crippen molar-refractivity contribution in [1.82, 2.24) is 10.6 Å². The van der Waals surface area contributed by atoms with Gasteiger partial charge in [0.2, 0.25) is 0 Å². The molecule has 0 aromatic rings. The van der Waals surface area contributed by atoms with Crippen LogP contribution in [0.4, 0.5) is 4.39 Å². The third kappa shape index (κ3) is 5.02. The van der Waals surface area contributed by atoms with Crippen molar-refractivity contribution in [3.05, 3.63) is 24.1 Å². The van der Waals surface area contributed by atoms with Crippen LogP contribution in [0.25, 0.3) is 0 Å². The van der Waals surface area contributed by atoms with Gasteiger partial charge in [0.15, 0.2) is 9.84 Å². The Morgan fingerprint density at radius 3 is 2.54 bits per heavy atom. The van der Waals surface area contributed by atoms with Crippen LogP contribution in [0.15, 0.2) is 24.1 Å². The van der Waals surface area contributed by atoms with Crippen LogP contribution in [-0.2, 0) is 9.84 Å². The van der Waals surface area contributed by atoms with E-state index in [-0.39, 0.29) is 24.8 Å². The van der Waals surface area contributed by atoms with Gasteiger partial charge in [0.25, 0.3) is 0 Å². The minimum atomic E-state index is -3.53. The maximum atomic E-state index is 13.5. The monoisotopic (exact) mass is 416 g/mol. The normalized spacial score (nSPS) is 28.8. The zero-order chi connectivity index (χ0) is 20.9. The van der Waals surface area contributed by atoms with Crippen molar-refractivity contribution in [2.75, 3.05) is 6.54 Å². The molecule has 6 nitrogen and oxygen atoms in total. The molecular weight excluding hydrogens is 379 g/mol. The summed E-state index contributed by atoms with van der Waals surface area (Å²) >= 11 is 0. The molecule has 1 heterocycles. The Balaban J connectivity index is 2.27. The Bertz CT molecular complexity index is 676. The molecule has 0 aromatic carbocycles. The number of sulfone groups is 1. The topological polar surface area (TPSA) is 110 Å². The summed E-state index contributed by atoms with van der Waals surface area (Å²) in [4.78, 5) is 0. The lowest BCUT2D eigenvalue weighted by Gasteiger charge is -2.41. The van der Waals surface area contributed by atoms with Gasteiger partial charge in [-0.05, 0) is 50.6 Å². The molecule has 1 aliphatic heterocycles. The number of nitrogens with one attached hydrogen (secondary N) is 2. The van der Waals surface area contributed by atoms with E-state index in [0.29, 0.717) is 38.6 Å². The van der Waals surface area contributed by atoms with Gasteiger partial charge in [0, 0.05) is 12.5 Å². The van der Waals surface area contributed by atoms with E-state index >= 15 is 0 Å². The van der Waals surface area contributed by atoms with Crippen LogP contribution in [0.5, 0.6) is 0 Å². The molecular formula is C20H37FN4O2S. The first-order chi connectivity index (χ1) is 13.2. The average molecular weight is 417 g/mol. The van der Waals surface area contributed by atoms with Gasteiger partial charge in [0.05, 0.1) is 28.2 Å². The molecule has 0 radical (unpaired) electrons. The Hall–Kier alpha value is -0.800.